The molecule has 0 spiro atoms. The van der Waals surface area contributed by atoms with E-state index in [9.17, 15) is 0 Å². The SMILES string of the molecule is COc1c(C)ccc(C2(N)CCC2)c1Br. The van der Waals surface area contributed by atoms with Crippen LogP contribution in [-0.2, 0) is 5.54 Å². The number of benzene rings is 1. The molecular formula is C12H16BrNO. The second-order valence-corrected chi connectivity index (χ2v) is 5.08. The molecule has 0 radical (unpaired) electrons. The monoisotopic (exact) mass is 269 g/mol. The van der Waals surface area contributed by atoms with E-state index in [-0.39, 0.29) is 5.54 Å². The molecule has 1 aliphatic carbocycles. The third kappa shape index (κ3) is 1.68. The highest BCUT2D eigenvalue weighted by atomic mass is 79.9. The summed E-state index contributed by atoms with van der Waals surface area (Å²) in [7, 11) is 1.70. The first-order valence-electron chi connectivity index (χ1n) is 5.21. The number of ether oxygens (including phenoxy) is 1. The smallest absolute Gasteiger partial charge is 0.136 e. The van der Waals surface area contributed by atoms with Gasteiger partial charge in [-0.3, -0.25) is 0 Å². The van der Waals surface area contributed by atoms with Crippen molar-refractivity contribution in [2.24, 2.45) is 5.73 Å². The fraction of sp³-hybridized carbons (Fsp3) is 0.500. The minimum atomic E-state index is -0.139. The molecule has 1 saturated carbocycles. The molecule has 0 unspecified atom stereocenters. The normalized spacial score (nSPS) is 18.4. The summed E-state index contributed by atoms with van der Waals surface area (Å²) in [6.07, 6.45) is 3.36. The van der Waals surface area contributed by atoms with Crippen molar-refractivity contribution in [1.82, 2.24) is 0 Å². The molecular weight excluding hydrogens is 254 g/mol. The summed E-state index contributed by atoms with van der Waals surface area (Å²) in [5.41, 5.74) is 8.49. The van der Waals surface area contributed by atoms with Crippen molar-refractivity contribution in [3.8, 4) is 5.75 Å². The van der Waals surface area contributed by atoms with E-state index in [1.165, 1.54) is 12.0 Å². The molecule has 1 aliphatic rings. The highest BCUT2D eigenvalue weighted by Crippen LogP contribution is 2.45. The molecule has 82 valence electrons. The van der Waals surface area contributed by atoms with Gasteiger partial charge in [-0.25, -0.2) is 0 Å². The van der Waals surface area contributed by atoms with Gasteiger partial charge < -0.3 is 10.5 Å². The van der Waals surface area contributed by atoms with Gasteiger partial charge in [-0.1, -0.05) is 12.1 Å². The van der Waals surface area contributed by atoms with Crippen LogP contribution in [0.15, 0.2) is 16.6 Å². The van der Waals surface area contributed by atoms with Gasteiger partial charge in [0, 0.05) is 5.54 Å². The Kier molecular flexibility index (Phi) is 2.77. The topological polar surface area (TPSA) is 35.2 Å². The van der Waals surface area contributed by atoms with Crippen LogP contribution in [0, 0.1) is 6.92 Å². The van der Waals surface area contributed by atoms with E-state index >= 15 is 0 Å². The van der Waals surface area contributed by atoms with Gasteiger partial charge in [0.15, 0.2) is 0 Å². The Balaban J connectivity index is 2.49. The van der Waals surface area contributed by atoms with E-state index in [0.717, 1.165) is 28.6 Å². The minimum absolute atomic E-state index is 0.139. The number of halogens is 1. The van der Waals surface area contributed by atoms with E-state index in [4.69, 9.17) is 10.5 Å². The molecule has 0 bridgehead atoms. The van der Waals surface area contributed by atoms with Crippen LogP contribution in [0.2, 0.25) is 0 Å². The van der Waals surface area contributed by atoms with Gasteiger partial charge in [-0.15, -0.1) is 0 Å². The first-order valence-corrected chi connectivity index (χ1v) is 6.00. The molecule has 1 aromatic carbocycles. The molecule has 2 rings (SSSR count). The predicted molar refractivity (Wildman–Crippen MR) is 65.1 cm³/mol. The van der Waals surface area contributed by atoms with Crippen LogP contribution < -0.4 is 10.5 Å². The Morgan fingerprint density at radius 2 is 2.07 bits per heavy atom. The van der Waals surface area contributed by atoms with Crippen LogP contribution in [0.4, 0.5) is 0 Å². The van der Waals surface area contributed by atoms with Crippen molar-refractivity contribution in [2.45, 2.75) is 31.7 Å². The molecule has 0 heterocycles. The lowest BCUT2D eigenvalue weighted by atomic mass is 9.72. The molecule has 15 heavy (non-hydrogen) atoms. The fourth-order valence-electron chi connectivity index (χ4n) is 2.11. The Morgan fingerprint density at radius 1 is 1.40 bits per heavy atom. The highest BCUT2D eigenvalue weighted by Gasteiger charge is 2.36. The van der Waals surface area contributed by atoms with Crippen molar-refractivity contribution in [3.05, 3.63) is 27.7 Å². The summed E-state index contributed by atoms with van der Waals surface area (Å²) >= 11 is 3.60. The fourth-order valence-corrected chi connectivity index (χ4v) is 3.12. The summed E-state index contributed by atoms with van der Waals surface area (Å²) in [5.74, 6) is 0.907. The lowest BCUT2D eigenvalue weighted by molar-refractivity contribution is 0.251. The summed E-state index contributed by atoms with van der Waals surface area (Å²) in [6, 6.07) is 4.19. The van der Waals surface area contributed by atoms with Crippen molar-refractivity contribution < 1.29 is 4.74 Å². The zero-order valence-corrected chi connectivity index (χ0v) is 10.7. The van der Waals surface area contributed by atoms with Crippen LogP contribution >= 0.6 is 15.9 Å². The molecule has 0 saturated heterocycles. The molecule has 0 aliphatic heterocycles. The van der Waals surface area contributed by atoms with E-state index in [0.29, 0.717) is 0 Å². The van der Waals surface area contributed by atoms with Crippen LogP contribution in [-0.4, -0.2) is 7.11 Å². The first kappa shape index (κ1) is 11.0. The van der Waals surface area contributed by atoms with Crippen molar-refractivity contribution >= 4 is 15.9 Å². The Labute approximate surface area is 98.9 Å². The van der Waals surface area contributed by atoms with Crippen molar-refractivity contribution in [1.29, 1.82) is 0 Å². The number of hydrogen-bond donors (Lipinski definition) is 1. The third-order valence-electron chi connectivity index (χ3n) is 3.28. The van der Waals surface area contributed by atoms with Crippen LogP contribution in [0.3, 0.4) is 0 Å². The molecule has 3 heteroatoms. The second kappa shape index (κ2) is 3.80. The maximum atomic E-state index is 6.31. The van der Waals surface area contributed by atoms with Gasteiger partial charge >= 0.3 is 0 Å². The summed E-state index contributed by atoms with van der Waals surface area (Å²) in [6.45, 7) is 2.04. The van der Waals surface area contributed by atoms with Gasteiger partial charge in [0.2, 0.25) is 0 Å². The minimum Gasteiger partial charge on any atom is -0.495 e. The lowest BCUT2D eigenvalue weighted by Crippen LogP contribution is -2.43. The van der Waals surface area contributed by atoms with Crippen molar-refractivity contribution in [2.75, 3.05) is 7.11 Å². The average molecular weight is 270 g/mol. The van der Waals surface area contributed by atoms with Gasteiger partial charge in [-0.2, -0.15) is 0 Å². The number of nitrogens with two attached hydrogens (primary N) is 1. The van der Waals surface area contributed by atoms with Gasteiger partial charge in [0.1, 0.15) is 5.75 Å². The standard InChI is InChI=1S/C12H16BrNO/c1-8-4-5-9(10(13)11(8)15-2)12(14)6-3-7-12/h4-5H,3,6-7,14H2,1-2H3. The number of rotatable bonds is 2. The van der Waals surface area contributed by atoms with E-state index in [2.05, 4.69) is 28.1 Å². The number of hydrogen-bond acceptors (Lipinski definition) is 2. The lowest BCUT2D eigenvalue weighted by Gasteiger charge is -2.39. The maximum Gasteiger partial charge on any atom is 0.136 e. The number of aryl methyl sites for hydroxylation is 1. The van der Waals surface area contributed by atoms with E-state index < -0.39 is 0 Å². The molecule has 0 aromatic heterocycles. The molecule has 1 aromatic rings. The van der Waals surface area contributed by atoms with Gasteiger partial charge in [0.05, 0.1) is 11.6 Å². The first-order chi connectivity index (χ1) is 7.08. The summed E-state index contributed by atoms with van der Waals surface area (Å²) in [4.78, 5) is 0. The zero-order valence-electron chi connectivity index (χ0n) is 9.14. The van der Waals surface area contributed by atoms with Crippen LogP contribution in [0.25, 0.3) is 0 Å². The van der Waals surface area contributed by atoms with E-state index in [1.54, 1.807) is 7.11 Å². The summed E-state index contributed by atoms with van der Waals surface area (Å²) < 4.78 is 6.40. The third-order valence-corrected chi connectivity index (χ3v) is 4.07. The van der Waals surface area contributed by atoms with Gasteiger partial charge in [-0.05, 0) is 53.2 Å². The molecule has 0 amide bonds. The molecule has 2 N–H and O–H groups in total. The van der Waals surface area contributed by atoms with Crippen molar-refractivity contribution in [3.63, 3.8) is 0 Å². The largest absolute Gasteiger partial charge is 0.495 e. The van der Waals surface area contributed by atoms with Crippen LogP contribution in [0.1, 0.15) is 30.4 Å². The average Bonchev–Trinajstić information content (AvgIpc) is 2.15. The van der Waals surface area contributed by atoms with Gasteiger partial charge in [0.25, 0.3) is 0 Å². The molecule has 2 nitrogen and oxygen atoms in total. The van der Waals surface area contributed by atoms with E-state index in [1.807, 2.05) is 6.92 Å². The Bertz CT molecular complexity index is 385. The number of methoxy groups -OCH3 is 1. The molecule has 0 atom stereocenters. The summed E-state index contributed by atoms with van der Waals surface area (Å²) in [5, 5.41) is 0. The highest BCUT2D eigenvalue weighted by molar-refractivity contribution is 9.10. The maximum absolute atomic E-state index is 6.31. The Hall–Kier alpha value is -0.540. The van der Waals surface area contributed by atoms with Crippen LogP contribution in [0.5, 0.6) is 5.75 Å². The predicted octanol–water partition coefficient (Wildman–Crippen LogP) is 3.10. The zero-order chi connectivity index (χ0) is 11.1. The quantitative estimate of drug-likeness (QED) is 0.896. The second-order valence-electron chi connectivity index (χ2n) is 4.29. The Morgan fingerprint density at radius 3 is 2.53 bits per heavy atom. The molecule has 1 fully saturated rings.